The molecule has 1 fully saturated rings. The van der Waals surface area contributed by atoms with Crippen LogP contribution in [0, 0.1) is 0 Å². The van der Waals surface area contributed by atoms with E-state index in [-0.39, 0.29) is 0 Å². The molecular formula is CH2GeS4. The Morgan fingerprint density at radius 3 is 2.67 bits per heavy atom. The fourth-order valence-electron chi connectivity index (χ4n) is 0.130. The molecule has 1 saturated heterocycles. The summed E-state index contributed by atoms with van der Waals surface area (Å²) >= 11 is 0.383. The molecule has 0 aromatic carbocycles. The number of hydrogen-bond acceptors (Lipinski definition) is 4. The van der Waals surface area contributed by atoms with Gasteiger partial charge in [-0.25, -0.2) is 0 Å². The maximum atomic E-state index is 2.12. The van der Waals surface area contributed by atoms with Crippen LogP contribution >= 0.6 is 39.8 Å². The molecule has 1 rings (SSSR count). The second-order valence-corrected chi connectivity index (χ2v) is 14.0. The minimum atomic E-state index is 0.383. The summed E-state index contributed by atoms with van der Waals surface area (Å²) in [5.41, 5.74) is 0. The van der Waals surface area contributed by atoms with E-state index >= 15 is 0 Å². The summed E-state index contributed by atoms with van der Waals surface area (Å²) in [5, 5.41) is 1.33. The zero-order chi connectivity index (χ0) is 4.24. The van der Waals surface area contributed by atoms with Crippen molar-refractivity contribution >= 4 is 53.0 Å². The molecule has 0 spiro atoms. The predicted octanol–water partition coefficient (Wildman–Crippen LogP) is 2.25. The van der Waals surface area contributed by atoms with Gasteiger partial charge in [0.2, 0.25) is 0 Å². The van der Waals surface area contributed by atoms with Crippen LogP contribution in [0.1, 0.15) is 0 Å². The maximum absolute atomic E-state index is 2.12. The van der Waals surface area contributed by atoms with Gasteiger partial charge in [-0.05, 0) is 0 Å². The van der Waals surface area contributed by atoms with Crippen molar-refractivity contribution in [3.05, 3.63) is 0 Å². The Balaban J connectivity index is 2.00. The molecule has 0 aromatic heterocycles. The summed E-state index contributed by atoms with van der Waals surface area (Å²) in [5.74, 6) is 0. The van der Waals surface area contributed by atoms with Gasteiger partial charge in [0, 0.05) is 0 Å². The molecule has 0 nitrogen and oxygen atoms in total. The summed E-state index contributed by atoms with van der Waals surface area (Å²) in [6.45, 7) is 0. The standard InChI is InChI=1S/CH2GeS4/c1-3-2-5-6-4-1/h1H2. The second-order valence-electron chi connectivity index (χ2n) is 0.615. The van der Waals surface area contributed by atoms with E-state index in [1.807, 2.05) is 20.6 Å². The molecule has 6 heavy (non-hydrogen) atoms. The van der Waals surface area contributed by atoms with Crippen LogP contribution in [-0.4, -0.2) is 18.2 Å². The summed E-state index contributed by atoms with van der Waals surface area (Å²) in [7, 11) is 8.12. The quantitative estimate of drug-likeness (QED) is 0.448. The molecule has 0 aliphatic carbocycles. The Hall–Kier alpha value is 1.94. The zero-order valence-electron chi connectivity index (χ0n) is 2.84. The third-order valence-electron chi connectivity index (χ3n) is 0.282. The topological polar surface area (TPSA) is 0 Å². The average molecular weight is 215 g/mol. The van der Waals surface area contributed by atoms with Crippen LogP contribution in [0.2, 0.25) is 0 Å². The van der Waals surface area contributed by atoms with Crippen LogP contribution in [0.15, 0.2) is 0 Å². The zero-order valence-corrected chi connectivity index (χ0v) is 8.20. The SMILES string of the molecule is C1SS[S][Ge][S]1. The Bertz CT molecular complexity index is 23.0. The molecule has 0 unspecified atom stereocenters. The molecule has 1 aliphatic rings. The van der Waals surface area contributed by atoms with Gasteiger partial charge >= 0.3 is 58.1 Å². The van der Waals surface area contributed by atoms with Crippen molar-refractivity contribution < 1.29 is 0 Å². The van der Waals surface area contributed by atoms with Crippen LogP contribution in [0.5, 0.6) is 0 Å². The van der Waals surface area contributed by atoms with Crippen LogP contribution in [0.3, 0.4) is 0 Å². The van der Waals surface area contributed by atoms with Gasteiger partial charge in [0.05, 0.1) is 0 Å². The minimum absolute atomic E-state index is 0.383. The molecule has 34 valence electrons. The second kappa shape index (κ2) is 3.89. The van der Waals surface area contributed by atoms with Gasteiger partial charge in [0.1, 0.15) is 0 Å². The Morgan fingerprint density at radius 1 is 1.50 bits per heavy atom. The van der Waals surface area contributed by atoms with Gasteiger partial charge in [-0.2, -0.15) is 0 Å². The van der Waals surface area contributed by atoms with Crippen LogP contribution in [0.25, 0.3) is 0 Å². The van der Waals surface area contributed by atoms with Gasteiger partial charge in [-0.15, -0.1) is 0 Å². The van der Waals surface area contributed by atoms with Crippen molar-refractivity contribution in [2.75, 3.05) is 5.08 Å². The summed E-state index contributed by atoms with van der Waals surface area (Å²) in [6.07, 6.45) is 0. The Kier molecular flexibility index (Phi) is 3.93. The van der Waals surface area contributed by atoms with E-state index in [0.717, 1.165) is 0 Å². The predicted molar refractivity (Wildman–Crippen MR) is 41.0 cm³/mol. The third kappa shape index (κ3) is 2.30. The fraction of sp³-hybridized carbons (Fsp3) is 1.00. The number of rotatable bonds is 0. The van der Waals surface area contributed by atoms with Gasteiger partial charge in [-0.1, -0.05) is 0 Å². The van der Waals surface area contributed by atoms with Crippen LogP contribution < -0.4 is 0 Å². The van der Waals surface area contributed by atoms with E-state index in [1.54, 1.807) is 0 Å². The van der Waals surface area contributed by atoms with E-state index in [2.05, 4.69) is 19.2 Å². The normalized spacial score (nSPS) is 24.0. The number of hydrogen-bond donors (Lipinski definition) is 0. The molecule has 0 bridgehead atoms. The van der Waals surface area contributed by atoms with Crippen molar-refractivity contribution in [3.8, 4) is 0 Å². The van der Waals surface area contributed by atoms with E-state index in [1.165, 1.54) is 5.08 Å². The molecule has 5 heteroatoms. The molecule has 0 saturated carbocycles. The Morgan fingerprint density at radius 2 is 2.50 bits per heavy atom. The summed E-state index contributed by atoms with van der Waals surface area (Å²) in [4.78, 5) is 0. The summed E-state index contributed by atoms with van der Waals surface area (Å²) < 4.78 is 0. The van der Waals surface area contributed by atoms with Gasteiger partial charge < -0.3 is 0 Å². The molecule has 0 aromatic rings. The molecular weight excluding hydrogens is 213 g/mol. The Labute approximate surface area is 57.7 Å². The van der Waals surface area contributed by atoms with Gasteiger partial charge in [0.15, 0.2) is 0 Å². The fourth-order valence-corrected chi connectivity index (χ4v) is 20.9. The average Bonchev–Trinajstić information content (AvgIpc) is 1.72. The van der Waals surface area contributed by atoms with E-state index < -0.39 is 0 Å². The van der Waals surface area contributed by atoms with E-state index in [0.29, 0.717) is 13.1 Å². The molecule has 2 radical (unpaired) electrons. The molecule has 0 atom stereocenters. The first-order chi connectivity index (χ1) is 3.00. The summed E-state index contributed by atoms with van der Waals surface area (Å²) in [6, 6.07) is 0. The first-order valence-electron chi connectivity index (χ1n) is 1.32. The van der Waals surface area contributed by atoms with Crippen molar-refractivity contribution in [1.29, 1.82) is 0 Å². The van der Waals surface area contributed by atoms with Crippen LogP contribution in [0.4, 0.5) is 0 Å². The monoisotopic (exact) mass is 216 g/mol. The van der Waals surface area contributed by atoms with Crippen molar-refractivity contribution in [2.24, 2.45) is 0 Å². The third-order valence-corrected chi connectivity index (χ3v) is 17.7. The van der Waals surface area contributed by atoms with E-state index in [4.69, 9.17) is 0 Å². The van der Waals surface area contributed by atoms with Gasteiger partial charge in [-0.3, -0.25) is 0 Å². The van der Waals surface area contributed by atoms with Crippen molar-refractivity contribution in [2.45, 2.75) is 0 Å². The first-order valence-corrected chi connectivity index (χ1v) is 11.1. The van der Waals surface area contributed by atoms with Crippen molar-refractivity contribution in [1.82, 2.24) is 0 Å². The van der Waals surface area contributed by atoms with Gasteiger partial charge in [0.25, 0.3) is 0 Å². The first kappa shape index (κ1) is 6.07. The molecule has 1 heterocycles. The molecule has 0 N–H and O–H groups in total. The van der Waals surface area contributed by atoms with Crippen LogP contribution in [-0.2, 0) is 0 Å². The molecule has 1 aliphatic heterocycles. The molecule has 0 amide bonds. The van der Waals surface area contributed by atoms with E-state index in [9.17, 15) is 0 Å². The van der Waals surface area contributed by atoms with Crippen molar-refractivity contribution in [3.63, 3.8) is 0 Å².